The van der Waals surface area contributed by atoms with Crippen molar-refractivity contribution < 1.29 is 13.2 Å². The number of carbonyl (C=O) groups excluding carboxylic acids is 1. The number of nitrogens with zero attached hydrogens (tertiary/aromatic N) is 1. The molecule has 6 heteroatoms. The van der Waals surface area contributed by atoms with Gasteiger partial charge in [0.15, 0.2) is 0 Å². The summed E-state index contributed by atoms with van der Waals surface area (Å²) in [6.07, 6.45) is 3.13. The predicted octanol–water partition coefficient (Wildman–Crippen LogP) is 3.97. The van der Waals surface area contributed by atoms with Gasteiger partial charge in [0.1, 0.15) is 0 Å². The Morgan fingerprint density at radius 1 is 1.11 bits per heavy atom. The van der Waals surface area contributed by atoms with Crippen LogP contribution in [0.5, 0.6) is 0 Å². The highest BCUT2D eigenvalue weighted by Gasteiger charge is 2.27. The predicted molar refractivity (Wildman–Crippen MR) is 110 cm³/mol. The first kappa shape index (κ1) is 19.2. The Labute approximate surface area is 160 Å². The molecule has 0 spiro atoms. The molecule has 2 aromatic carbocycles. The zero-order valence-corrected chi connectivity index (χ0v) is 16.4. The molecule has 0 radical (unpaired) electrons. The van der Waals surface area contributed by atoms with E-state index in [9.17, 15) is 13.2 Å². The minimum absolute atomic E-state index is 0.189. The minimum Gasteiger partial charge on any atom is -0.322 e. The summed E-state index contributed by atoms with van der Waals surface area (Å²) in [5.41, 5.74) is 4.02. The quantitative estimate of drug-likeness (QED) is 0.811. The summed E-state index contributed by atoms with van der Waals surface area (Å²) >= 11 is 0. The van der Waals surface area contributed by atoms with Crippen LogP contribution in [0.3, 0.4) is 0 Å². The van der Waals surface area contributed by atoms with Crippen LogP contribution in [0.4, 0.5) is 11.4 Å². The highest BCUT2D eigenvalue weighted by molar-refractivity contribution is 7.92. The molecule has 5 nitrogen and oxygen atoms in total. The molecular formula is C21H24N2O3S. The third kappa shape index (κ3) is 4.57. The monoisotopic (exact) mass is 384 g/mol. The SMILES string of the molecule is C/C(=C\C(=O)Nc1ccc(N2CCCCS2(=O)=O)c(C)c1)c1ccccc1. The third-order valence-corrected chi connectivity index (χ3v) is 6.51. The molecule has 0 atom stereocenters. The smallest absolute Gasteiger partial charge is 0.248 e. The summed E-state index contributed by atoms with van der Waals surface area (Å²) in [5.74, 6) is -0.0248. The second-order valence-electron chi connectivity index (χ2n) is 6.78. The van der Waals surface area contributed by atoms with E-state index in [1.807, 2.05) is 50.2 Å². The zero-order chi connectivity index (χ0) is 19.4. The molecule has 0 aliphatic carbocycles. The van der Waals surface area contributed by atoms with Crippen LogP contribution in [0.1, 0.15) is 30.9 Å². The largest absolute Gasteiger partial charge is 0.322 e. The second kappa shape index (κ2) is 7.96. The van der Waals surface area contributed by atoms with Crippen LogP contribution in [0, 0.1) is 6.92 Å². The lowest BCUT2D eigenvalue weighted by Crippen LogP contribution is -2.38. The van der Waals surface area contributed by atoms with E-state index < -0.39 is 10.0 Å². The van der Waals surface area contributed by atoms with Gasteiger partial charge in [-0.3, -0.25) is 9.10 Å². The van der Waals surface area contributed by atoms with Crippen LogP contribution in [0.15, 0.2) is 54.6 Å². The molecule has 1 saturated heterocycles. The number of benzene rings is 2. The van der Waals surface area contributed by atoms with Gasteiger partial charge in [-0.1, -0.05) is 30.3 Å². The molecule has 1 amide bonds. The Bertz CT molecular complexity index is 966. The molecule has 1 aliphatic heterocycles. The average Bonchev–Trinajstić information content (AvgIpc) is 2.63. The fraction of sp³-hybridized carbons (Fsp3) is 0.286. The van der Waals surface area contributed by atoms with Crippen molar-refractivity contribution in [2.75, 3.05) is 21.9 Å². The van der Waals surface area contributed by atoms with Gasteiger partial charge in [-0.05, 0) is 61.6 Å². The number of rotatable bonds is 4. The van der Waals surface area contributed by atoms with Gasteiger partial charge in [0.05, 0.1) is 11.4 Å². The lowest BCUT2D eigenvalue weighted by Gasteiger charge is -2.29. The molecule has 1 N–H and O–H groups in total. The van der Waals surface area contributed by atoms with Gasteiger partial charge in [0, 0.05) is 18.3 Å². The lowest BCUT2D eigenvalue weighted by molar-refractivity contribution is -0.111. The van der Waals surface area contributed by atoms with Crippen molar-refractivity contribution in [2.24, 2.45) is 0 Å². The summed E-state index contributed by atoms with van der Waals surface area (Å²) in [5, 5.41) is 2.85. The Morgan fingerprint density at radius 2 is 1.85 bits per heavy atom. The number of anilines is 2. The molecule has 0 saturated carbocycles. The Kier molecular flexibility index (Phi) is 5.65. The number of amides is 1. The van der Waals surface area contributed by atoms with E-state index in [1.54, 1.807) is 18.2 Å². The van der Waals surface area contributed by atoms with Gasteiger partial charge in [0.25, 0.3) is 0 Å². The van der Waals surface area contributed by atoms with Crippen molar-refractivity contribution >= 4 is 32.9 Å². The van der Waals surface area contributed by atoms with Crippen molar-refractivity contribution in [3.05, 3.63) is 65.7 Å². The maximum absolute atomic E-state index is 12.3. The number of hydrogen-bond donors (Lipinski definition) is 1. The topological polar surface area (TPSA) is 66.5 Å². The van der Waals surface area contributed by atoms with Crippen LogP contribution in [-0.2, 0) is 14.8 Å². The summed E-state index contributed by atoms with van der Waals surface area (Å²) in [7, 11) is -3.25. The van der Waals surface area contributed by atoms with E-state index in [2.05, 4.69) is 5.32 Å². The normalized spacial score (nSPS) is 16.8. The van der Waals surface area contributed by atoms with Crippen LogP contribution >= 0.6 is 0 Å². The standard InChI is InChI=1S/C21H24N2O3S/c1-16(18-8-4-3-5-9-18)15-21(24)22-19-10-11-20(17(2)14-19)23-12-6-7-13-27(23,25)26/h3-5,8-11,14-15H,6-7,12-13H2,1-2H3,(H,22,24)/b16-15+. The Balaban J connectivity index is 1.75. The number of hydrogen-bond acceptors (Lipinski definition) is 3. The van der Waals surface area contributed by atoms with E-state index in [1.165, 1.54) is 4.31 Å². The summed E-state index contributed by atoms with van der Waals surface area (Å²) < 4.78 is 26.1. The minimum atomic E-state index is -3.25. The first-order chi connectivity index (χ1) is 12.9. The van der Waals surface area contributed by atoms with Gasteiger partial charge >= 0.3 is 0 Å². The first-order valence-corrected chi connectivity index (χ1v) is 10.6. The molecular weight excluding hydrogens is 360 g/mol. The highest BCUT2D eigenvalue weighted by atomic mass is 32.2. The molecule has 0 aromatic heterocycles. The van der Waals surface area contributed by atoms with Crippen LogP contribution in [0.2, 0.25) is 0 Å². The van der Waals surface area contributed by atoms with Crippen molar-refractivity contribution in [3.8, 4) is 0 Å². The van der Waals surface area contributed by atoms with Gasteiger partial charge in [-0.15, -0.1) is 0 Å². The second-order valence-corrected chi connectivity index (χ2v) is 8.79. The van der Waals surface area contributed by atoms with E-state index in [0.29, 0.717) is 24.3 Å². The zero-order valence-electron chi connectivity index (χ0n) is 15.6. The van der Waals surface area contributed by atoms with Crippen LogP contribution in [0.25, 0.3) is 5.57 Å². The molecule has 1 heterocycles. The molecule has 0 unspecified atom stereocenters. The van der Waals surface area contributed by atoms with Gasteiger partial charge < -0.3 is 5.32 Å². The van der Waals surface area contributed by atoms with Gasteiger partial charge in [0.2, 0.25) is 15.9 Å². The molecule has 2 aromatic rings. The number of sulfonamides is 1. The molecule has 3 rings (SSSR count). The van der Waals surface area contributed by atoms with Crippen molar-refractivity contribution in [1.29, 1.82) is 0 Å². The van der Waals surface area contributed by atoms with E-state index in [-0.39, 0.29) is 11.7 Å². The molecule has 27 heavy (non-hydrogen) atoms. The number of aryl methyl sites for hydroxylation is 1. The number of nitrogens with one attached hydrogen (secondary N) is 1. The molecule has 142 valence electrons. The van der Waals surface area contributed by atoms with Crippen LogP contribution in [-0.4, -0.2) is 26.6 Å². The fourth-order valence-corrected chi connectivity index (χ4v) is 4.93. The third-order valence-electron chi connectivity index (χ3n) is 4.66. The molecule has 1 aliphatic rings. The van der Waals surface area contributed by atoms with Gasteiger partial charge in [-0.2, -0.15) is 0 Å². The average molecular weight is 385 g/mol. The Hall–Kier alpha value is -2.60. The summed E-state index contributed by atoms with van der Waals surface area (Å²) in [6, 6.07) is 15.0. The summed E-state index contributed by atoms with van der Waals surface area (Å²) in [4.78, 5) is 12.3. The maximum atomic E-state index is 12.3. The van der Waals surface area contributed by atoms with Crippen LogP contribution < -0.4 is 9.62 Å². The van der Waals surface area contributed by atoms with Crippen molar-refractivity contribution in [1.82, 2.24) is 0 Å². The first-order valence-electron chi connectivity index (χ1n) is 9.02. The highest BCUT2D eigenvalue weighted by Crippen LogP contribution is 2.29. The van der Waals surface area contributed by atoms with Crippen molar-refractivity contribution in [3.63, 3.8) is 0 Å². The Morgan fingerprint density at radius 3 is 2.52 bits per heavy atom. The summed E-state index contributed by atoms with van der Waals surface area (Å²) in [6.45, 7) is 4.26. The maximum Gasteiger partial charge on any atom is 0.248 e. The lowest BCUT2D eigenvalue weighted by atomic mass is 10.1. The van der Waals surface area contributed by atoms with Gasteiger partial charge in [-0.25, -0.2) is 8.42 Å². The van der Waals surface area contributed by atoms with E-state index in [4.69, 9.17) is 0 Å². The fourth-order valence-electron chi connectivity index (χ4n) is 3.23. The van der Waals surface area contributed by atoms with Crippen molar-refractivity contribution in [2.45, 2.75) is 26.7 Å². The molecule has 1 fully saturated rings. The van der Waals surface area contributed by atoms with E-state index in [0.717, 1.165) is 23.1 Å². The number of allylic oxidation sites excluding steroid dienone is 1. The molecule has 0 bridgehead atoms. The van der Waals surface area contributed by atoms with E-state index >= 15 is 0 Å². The number of carbonyl (C=O) groups is 1.